The van der Waals surface area contributed by atoms with Crippen LogP contribution in [-0.2, 0) is 0 Å². The molecule has 1 unspecified atom stereocenters. The van der Waals surface area contributed by atoms with Gasteiger partial charge in [0.25, 0.3) is 5.56 Å². The quantitative estimate of drug-likeness (QED) is 0.366. The zero-order valence-electron chi connectivity index (χ0n) is 16.1. The van der Waals surface area contributed by atoms with Gasteiger partial charge in [-0.05, 0) is 31.9 Å². The minimum Gasteiger partial charge on any atom is -0.439 e. The lowest BCUT2D eigenvalue weighted by Gasteiger charge is -2.28. The van der Waals surface area contributed by atoms with Gasteiger partial charge in [0.15, 0.2) is 16.4 Å². The number of nitrogens with zero attached hydrogens (tertiary/aromatic N) is 4. The summed E-state index contributed by atoms with van der Waals surface area (Å²) >= 11 is 1.32. The first kappa shape index (κ1) is 19.2. The number of H-pyrrole nitrogens is 1. The van der Waals surface area contributed by atoms with Gasteiger partial charge in [-0.3, -0.25) is 4.79 Å². The number of para-hydroxylation sites is 2. The molecule has 10 heteroatoms. The second-order valence-corrected chi connectivity index (χ2v) is 8.89. The number of fused-ring (bicyclic) bond motifs is 2. The fourth-order valence-corrected chi connectivity index (χ4v) is 4.62. The SMILES string of the molecule is CC(Sc1nc2c(cnn2C2CCC(F)(F)CC2)c(=O)[nH]1)c1nc2ccccc2o1. The number of benzene rings is 1. The zero-order chi connectivity index (χ0) is 20.9. The number of thioether (sulfide) groups is 1. The molecule has 3 aromatic heterocycles. The Bertz CT molecular complexity index is 1240. The van der Waals surface area contributed by atoms with E-state index < -0.39 is 5.92 Å². The Morgan fingerprint density at radius 2 is 2.03 bits per heavy atom. The summed E-state index contributed by atoms with van der Waals surface area (Å²) in [6, 6.07) is 7.30. The van der Waals surface area contributed by atoms with Crippen molar-refractivity contribution in [2.45, 2.75) is 55.0 Å². The maximum Gasteiger partial charge on any atom is 0.262 e. The molecule has 156 valence electrons. The van der Waals surface area contributed by atoms with Crippen LogP contribution in [0.3, 0.4) is 0 Å². The molecule has 0 spiro atoms. The Hall–Kier alpha value is -2.75. The predicted octanol–water partition coefficient (Wildman–Crippen LogP) is 4.86. The van der Waals surface area contributed by atoms with Crippen LogP contribution in [0.15, 0.2) is 44.8 Å². The van der Waals surface area contributed by atoms with Crippen molar-refractivity contribution >= 4 is 33.9 Å². The first-order chi connectivity index (χ1) is 14.4. The third-order valence-corrected chi connectivity index (χ3v) is 6.39. The topological polar surface area (TPSA) is 89.6 Å². The minimum absolute atomic E-state index is 0.182. The van der Waals surface area contributed by atoms with Gasteiger partial charge in [0.05, 0.1) is 17.5 Å². The van der Waals surface area contributed by atoms with Crippen LogP contribution in [0.1, 0.15) is 49.8 Å². The number of halogens is 2. The summed E-state index contributed by atoms with van der Waals surface area (Å²) in [5.41, 5.74) is 1.58. The van der Waals surface area contributed by atoms with E-state index in [2.05, 4.69) is 20.1 Å². The summed E-state index contributed by atoms with van der Waals surface area (Å²) in [4.78, 5) is 24.4. The Morgan fingerprint density at radius 3 is 2.80 bits per heavy atom. The van der Waals surface area contributed by atoms with Gasteiger partial charge in [0, 0.05) is 12.8 Å². The predicted molar refractivity (Wildman–Crippen MR) is 109 cm³/mol. The lowest BCUT2D eigenvalue weighted by atomic mass is 9.92. The highest BCUT2D eigenvalue weighted by Crippen LogP contribution is 2.39. The lowest BCUT2D eigenvalue weighted by molar-refractivity contribution is -0.0446. The summed E-state index contributed by atoms with van der Waals surface area (Å²) < 4.78 is 34.5. The van der Waals surface area contributed by atoms with Crippen molar-refractivity contribution < 1.29 is 13.2 Å². The number of nitrogens with one attached hydrogen (secondary N) is 1. The lowest BCUT2D eigenvalue weighted by Crippen LogP contribution is -2.27. The van der Waals surface area contributed by atoms with Gasteiger partial charge in [-0.15, -0.1) is 0 Å². The highest BCUT2D eigenvalue weighted by atomic mass is 32.2. The first-order valence-corrected chi connectivity index (χ1v) is 10.6. The molecule has 1 saturated carbocycles. The van der Waals surface area contributed by atoms with Crippen molar-refractivity contribution in [1.82, 2.24) is 24.7 Å². The van der Waals surface area contributed by atoms with E-state index in [1.807, 2.05) is 31.2 Å². The number of alkyl halides is 2. The normalized spacial score (nSPS) is 18.2. The molecule has 0 aliphatic heterocycles. The molecule has 1 aromatic carbocycles. The van der Waals surface area contributed by atoms with Crippen LogP contribution in [-0.4, -0.2) is 30.7 Å². The minimum atomic E-state index is -2.62. The first-order valence-electron chi connectivity index (χ1n) is 9.77. The van der Waals surface area contributed by atoms with E-state index in [0.717, 1.165) is 5.52 Å². The summed E-state index contributed by atoms with van der Waals surface area (Å²) in [6.45, 7) is 1.92. The van der Waals surface area contributed by atoms with E-state index in [-0.39, 0.29) is 29.7 Å². The van der Waals surface area contributed by atoms with E-state index in [0.29, 0.717) is 40.5 Å². The Balaban J connectivity index is 1.44. The average molecular weight is 431 g/mol. The fraction of sp³-hybridized carbons (Fsp3) is 0.400. The van der Waals surface area contributed by atoms with Crippen LogP contribution >= 0.6 is 11.8 Å². The maximum atomic E-state index is 13.5. The summed E-state index contributed by atoms with van der Waals surface area (Å²) in [5.74, 6) is -2.09. The van der Waals surface area contributed by atoms with E-state index in [9.17, 15) is 13.6 Å². The van der Waals surface area contributed by atoms with Crippen LogP contribution in [0, 0.1) is 0 Å². The summed E-state index contributed by atoms with van der Waals surface area (Å²) in [5, 5.41) is 4.85. The van der Waals surface area contributed by atoms with Crippen molar-refractivity contribution in [1.29, 1.82) is 0 Å². The molecule has 0 saturated heterocycles. The zero-order valence-corrected chi connectivity index (χ0v) is 17.0. The van der Waals surface area contributed by atoms with Gasteiger partial charge in [0.2, 0.25) is 11.8 Å². The molecule has 5 rings (SSSR count). The Morgan fingerprint density at radius 1 is 1.27 bits per heavy atom. The summed E-state index contributed by atoms with van der Waals surface area (Å²) in [6.07, 6.45) is 1.70. The number of hydrogen-bond donors (Lipinski definition) is 1. The van der Waals surface area contributed by atoms with Crippen molar-refractivity contribution in [3.05, 3.63) is 46.7 Å². The van der Waals surface area contributed by atoms with Crippen molar-refractivity contribution in [2.75, 3.05) is 0 Å². The molecule has 3 heterocycles. The molecule has 7 nitrogen and oxygen atoms in total. The van der Waals surface area contributed by atoms with Crippen molar-refractivity contribution in [3.8, 4) is 0 Å². The third kappa shape index (κ3) is 3.49. The molecular weight excluding hydrogens is 412 g/mol. The molecule has 0 radical (unpaired) electrons. The van der Waals surface area contributed by atoms with Gasteiger partial charge in [-0.25, -0.2) is 23.4 Å². The van der Waals surface area contributed by atoms with Gasteiger partial charge in [-0.2, -0.15) is 5.10 Å². The van der Waals surface area contributed by atoms with E-state index in [4.69, 9.17) is 4.42 Å². The number of hydrogen-bond acceptors (Lipinski definition) is 6. The molecule has 1 aliphatic rings. The molecule has 1 atom stereocenters. The molecule has 1 fully saturated rings. The Kier molecular flexibility index (Phi) is 4.61. The van der Waals surface area contributed by atoms with E-state index >= 15 is 0 Å². The van der Waals surface area contributed by atoms with E-state index in [1.165, 1.54) is 18.0 Å². The third-order valence-electron chi connectivity index (χ3n) is 5.42. The van der Waals surface area contributed by atoms with Crippen LogP contribution in [0.25, 0.3) is 22.1 Å². The molecule has 30 heavy (non-hydrogen) atoms. The average Bonchev–Trinajstić information content (AvgIpc) is 3.33. The summed E-state index contributed by atoms with van der Waals surface area (Å²) in [7, 11) is 0. The number of oxazole rings is 1. The van der Waals surface area contributed by atoms with Crippen LogP contribution in [0.4, 0.5) is 8.78 Å². The number of aromatic amines is 1. The molecular formula is C20H19F2N5O2S. The number of rotatable bonds is 4. The highest BCUT2D eigenvalue weighted by Gasteiger charge is 2.36. The van der Waals surface area contributed by atoms with E-state index in [1.54, 1.807) is 4.68 Å². The number of aromatic nitrogens is 5. The van der Waals surface area contributed by atoms with Crippen LogP contribution < -0.4 is 5.56 Å². The van der Waals surface area contributed by atoms with Crippen molar-refractivity contribution in [2.24, 2.45) is 0 Å². The van der Waals surface area contributed by atoms with Gasteiger partial charge < -0.3 is 9.40 Å². The van der Waals surface area contributed by atoms with Crippen molar-refractivity contribution in [3.63, 3.8) is 0 Å². The maximum absolute atomic E-state index is 13.5. The van der Waals surface area contributed by atoms with Gasteiger partial charge in [-0.1, -0.05) is 23.9 Å². The second-order valence-electron chi connectivity index (χ2n) is 7.56. The van der Waals surface area contributed by atoms with Crippen LogP contribution in [0.2, 0.25) is 0 Å². The smallest absolute Gasteiger partial charge is 0.262 e. The second kappa shape index (κ2) is 7.19. The Labute approximate surface area is 173 Å². The monoisotopic (exact) mass is 431 g/mol. The standard InChI is InChI=1S/C20H19F2N5O2S/c1-11(18-24-14-4-2-3-5-15(14)29-18)30-19-25-16-13(17(28)26-19)10-23-27(16)12-6-8-20(21,22)9-7-12/h2-5,10-12H,6-9H2,1H3,(H,25,26,28). The van der Waals surface area contributed by atoms with Crippen LogP contribution in [0.5, 0.6) is 0 Å². The van der Waals surface area contributed by atoms with Gasteiger partial charge in [0.1, 0.15) is 10.9 Å². The molecule has 0 amide bonds. The molecule has 1 aliphatic carbocycles. The van der Waals surface area contributed by atoms with Gasteiger partial charge >= 0.3 is 0 Å². The molecule has 0 bridgehead atoms. The molecule has 1 N–H and O–H groups in total. The largest absolute Gasteiger partial charge is 0.439 e. The highest BCUT2D eigenvalue weighted by molar-refractivity contribution is 7.99. The molecule has 4 aromatic rings. The fourth-order valence-electron chi connectivity index (χ4n) is 3.79.